The molecule has 5 heteroatoms. The van der Waals surface area contributed by atoms with E-state index in [0.29, 0.717) is 6.04 Å². The van der Waals surface area contributed by atoms with E-state index in [9.17, 15) is 0 Å². The molecule has 1 heterocycles. The van der Waals surface area contributed by atoms with Crippen molar-refractivity contribution in [1.82, 2.24) is 9.97 Å². The molecule has 112 valence electrons. The number of aryl methyl sites for hydroxylation is 1. The van der Waals surface area contributed by atoms with Crippen LogP contribution in [0.4, 0.5) is 11.6 Å². The Balaban J connectivity index is 2.19. The molecule has 4 N–H and O–H groups in total. The van der Waals surface area contributed by atoms with Gasteiger partial charge in [-0.25, -0.2) is 15.8 Å². The molecule has 2 atom stereocenters. The lowest BCUT2D eigenvalue weighted by Crippen LogP contribution is -2.31. The fraction of sp³-hybridized carbons (Fsp3) is 0.733. The summed E-state index contributed by atoms with van der Waals surface area (Å²) in [6.07, 6.45) is 4.55. The molecule has 0 spiro atoms. The van der Waals surface area contributed by atoms with Crippen molar-refractivity contribution in [3.8, 4) is 0 Å². The number of anilines is 2. The zero-order valence-corrected chi connectivity index (χ0v) is 13.0. The molecule has 0 saturated heterocycles. The number of nitrogens with two attached hydrogens (primary N) is 1. The molecule has 2 unspecified atom stereocenters. The second kappa shape index (κ2) is 6.39. The Bertz CT molecular complexity index is 450. The van der Waals surface area contributed by atoms with E-state index < -0.39 is 0 Å². The Kier molecular flexibility index (Phi) is 4.81. The lowest BCUT2D eigenvalue weighted by Gasteiger charge is -2.32. The van der Waals surface area contributed by atoms with Crippen molar-refractivity contribution in [1.29, 1.82) is 0 Å². The topological polar surface area (TPSA) is 75.9 Å². The smallest absolute Gasteiger partial charge is 0.148 e. The monoisotopic (exact) mass is 277 g/mol. The predicted octanol–water partition coefficient (Wildman–Crippen LogP) is 2.87. The van der Waals surface area contributed by atoms with Crippen LogP contribution in [0.25, 0.3) is 0 Å². The molecule has 1 aromatic heterocycles. The van der Waals surface area contributed by atoms with Gasteiger partial charge in [0.1, 0.15) is 17.5 Å². The van der Waals surface area contributed by atoms with E-state index in [2.05, 4.69) is 41.5 Å². The van der Waals surface area contributed by atoms with Crippen molar-refractivity contribution < 1.29 is 0 Å². The number of nitrogen functional groups attached to an aromatic ring is 1. The molecule has 0 radical (unpaired) electrons. The molecule has 1 aromatic rings. The molecular weight excluding hydrogens is 250 g/mol. The van der Waals surface area contributed by atoms with Gasteiger partial charge < -0.3 is 10.7 Å². The lowest BCUT2D eigenvalue weighted by atomic mass is 9.80. The van der Waals surface area contributed by atoms with Crippen LogP contribution in [0.2, 0.25) is 0 Å². The van der Waals surface area contributed by atoms with Crippen molar-refractivity contribution in [2.24, 2.45) is 17.7 Å². The highest BCUT2D eigenvalue weighted by atomic mass is 15.3. The van der Waals surface area contributed by atoms with Crippen molar-refractivity contribution in [2.45, 2.75) is 59.4 Å². The van der Waals surface area contributed by atoms with Gasteiger partial charge >= 0.3 is 0 Å². The minimum Gasteiger partial charge on any atom is -0.367 e. The highest BCUT2D eigenvalue weighted by Crippen LogP contribution is 2.31. The van der Waals surface area contributed by atoms with Gasteiger partial charge in [-0.3, -0.25) is 0 Å². The van der Waals surface area contributed by atoms with Gasteiger partial charge in [-0.05, 0) is 38.0 Å². The predicted molar refractivity (Wildman–Crippen MR) is 83.5 cm³/mol. The zero-order chi connectivity index (χ0) is 14.7. The summed E-state index contributed by atoms with van der Waals surface area (Å²) in [4.78, 5) is 9.03. The molecule has 20 heavy (non-hydrogen) atoms. The van der Waals surface area contributed by atoms with Gasteiger partial charge in [0.05, 0.1) is 0 Å². The Labute approximate surface area is 121 Å². The van der Waals surface area contributed by atoms with Crippen molar-refractivity contribution >= 4 is 11.6 Å². The summed E-state index contributed by atoms with van der Waals surface area (Å²) in [7, 11) is 0. The summed E-state index contributed by atoms with van der Waals surface area (Å²) in [6.45, 7) is 8.73. The van der Waals surface area contributed by atoms with Gasteiger partial charge in [0, 0.05) is 18.0 Å². The molecule has 0 aromatic carbocycles. The Hall–Kier alpha value is -1.36. The van der Waals surface area contributed by atoms with Gasteiger partial charge in [-0.2, -0.15) is 0 Å². The Morgan fingerprint density at radius 3 is 2.25 bits per heavy atom. The standard InChI is InChI=1S/C15H27N5/c1-5-13-18-14(11(4)15(19-13)20-16)17-12-7-9(2)6-10(3)8-12/h9-10,12H,5-8,16H2,1-4H3,(H2,17,18,19,20). The van der Waals surface area contributed by atoms with E-state index in [1.807, 2.05) is 6.92 Å². The lowest BCUT2D eigenvalue weighted by molar-refractivity contribution is 0.280. The van der Waals surface area contributed by atoms with Crippen LogP contribution in [0.15, 0.2) is 0 Å². The number of hydrazine groups is 1. The van der Waals surface area contributed by atoms with Crippen molar-refractivity contribution in [3.63, 3.8) is 0 Å². The van der Waals surface area contributed by atoms with Crippen molar-refractivity contribution in [2.75, 3.05) is 10.7 Å². The highest BCUT2D eigenvalue weighted by Gasteiger charge is 2.24. The largest absolute Gasteiger partial charge is 0.367 e. The summed E-state index contributed by atoms with van der Waals surface area (Å²) in [6, 6.07) is 0.498. The number of rotatable bonds is 4. The second-order valence-corrected chi connectivity index (χ2v) is 6.22. The quantitative estimate of drug-likeness (QED) is 0.583. The molecule has 5 nitrogen and oxygen atoms in total. The first-order valence-corrected chi connectivity index (χ1v) is 7.64. The number of nitrogens with zero attached hydrogens (tertiary/aromatic N) is 2. The zero-order valence-electron chi connectivity index (χ0n) is 13.0. The first-order chi connectivity index (χ1) is 9.53. The van der Waals surface area contributed by atoms with Gasteiger partial charge in [0.25, 0.3) is 0 Å². The third-order valence-corrected chi connectivity index (χ3v) is 4.16. The van der Waals surface area contributed by atoms with Crippen LogP contribution in [0.3, 0.4) is 0 Å². The fourth-order valence-corrected chi connectivity index (χ4v) is 3.26. The SMILES string of the molecule is CCc1nc(NN)c(C)c(NC2CC(C)CC(C)C2)n1. The maximum Gasteiger partial charge on any atom is 0.148 e. The van der Waals surface area contributed by atoms with Gasteiger partial charge in [0.15, 0.2) is 0 Å². The third kappa shape index (κ3) is 3.39. The normalized spacial score (nSPS) is 26.4. The molecule has 1 fully saturated rings. The maximum atomic E-state index is 5.55. The van der Waals surface area contributed by atoms with E-state index in [4.69, 9.17) is 5.84 Å². The molecular formula is C15H27N5. The average molecular weight is 277 g/mol. The van der Waals surface area contributed by atoms with Gasteiger partial charge in [-0.1, -0.05) is 20.8 Å². The van der Waals surface area contributed by atoms with E-state index in [-0.39, 0.29) is 0 Å². The van der Waals surface area contributed by atoms with Crippen LogP contribution in [-0.2, 0) is 6.42 Å². The Morgan fingerprint density at radius 1 is 1.10 bits per heavy atom. The molecule has 2 rings (SSSR count). The summed E-state index contributed by atoms with van der Waals surface area (Å²) in [5, 5.41) is 3.61. The van der Waals surface area contributed by atoms with Crippen LogP contribution in [-0.4, -0.2) is 16.0 Å². The number of hydrogen-bond acceptors (Lipinski definition) is 5. The fourth-order valence-electron chi connectivity index (χ4n) is 3.26. The molecule has 1 aliphatic rings. The molecule has 0 amide bonds. The number of aromatic nitrogens is 2. The van der Waals surface area contributed by atoms with Crippen LogP contribution < -0.4 is 16.6 Å². The summed E-state index contributed by atoms with van der Waals surface area (Å²) < 4.78 is 0. The van der Waals surface area contributed by atoms with E-state index in [1.54, 1.807) is 0 Å². The minimum atomic E-state index is 0.498. The Morgan fingerprint density at radius 2 is 1.70 bits per heavy atom. The summed E-state index contributed by atoms with van der Waals surface area (Å²) >= 11 is 0. The number of nitrogens with one attached hydrogen (secondary N) is 2. The van der Waals surface area contributed by atoms with Crippen LogP contribution in [0.5, 0.6) is 0 Å². The summed E-state index contributed by atoms with van der Waals surface area (Å²) in [5.41, 5.74) is 3.67. The molecule has 1 aliphatic carbocycles. The highest BCUT2D eigenvalue weighted by molar-refractivity contribution is 5.57. The molecule has 1 saturated carbocycles. The van der Waals surface area contributed by atoms with Gasteiger partial charge in [-0.15, -0.1) is 0 Å². The second-order valence-electron chi connectivity index (χ2n) is 6.22. The first kappa shape index (κ1) is 15.0. The first-order valence-electron chi connectivity index (χ1n) is 7.64. The van der Waals surface area contributed by atoms with Crippen LogP contribution >= 0.6 is 0 Å². The maximum absolute atomic E-state index is 5.55. The van der Waals surface area contributed by atoms with E-state index in [0.717, 1.165) is 41.3 Å². The van der Waals surface area contributed by atoms with Crippen LogP contribution in [0.1, 0.15) is 51.4 Å². The van der Waals surface area contributed by atoms with E-state index >= 15 is 0 Å². The molecule has 0 bridgehead atoms. The van der Waals surface area contributed by atoms with Gasteiger partial charge in [0.2, 0.25) is 0 Å². The van der Waals surface area contributed by atoms with Crippen LogP contribution in [0, 0.1) is 18.8 Å². The minimum absolute atomic E-state index is 0.498. The average Bonchev–Trinajstić information content (AvgIpc) is 2.40. The molecule has 0 aliphatic heterocycles. The van der Waals surface area contributed by atoms with Crippen molar-refractivity contribution in [3.05, 3.63) is 11.4 Å². The third-order valence-electron chi connectivity index (χ3n) is 4.16. The summed E-state index contributed by atoms with van der Waals surface area (Å²) in [5.74, 6) is 9.57. The van der Waals surface area contributed by atoms with E-state index in [1.165, 1.54) is 19.3 Å². The number of hydrogen-bond donors (Lipinski definition) is 3.